The number of imidazole rings is 1. The molecule has 5 nitrogen and oxygen atoms in total. The Morgan fingerprint density at radius 3 is 2.76 bits per heavy atom. The van der Waals surface area contributed by atoms with Crippen LogP contribution in [0.3, 0.4) is 0 Å². The number of hydrazone groups is 1. The van der Waals surface area contributed by atoms with Gasteiger partial charge in [0.25, 0.3) is 0 Å². The second-order valence-electron chi connectivity index (χ2n) is 6.82. The zero-order valence-electron chi connectivity index (χ0n) is 14.4. The fourth-order valence-electron chi connectivity index (χ4n) is 3.49. The predicted molar refractivity (Wildman–Crippen MR) is 98.6 cm³/mol. The summed E-state index contributed by atoms with van der Waals surface area (Å²) in [6, 6.07) is 8.47. The molecule has 1 aromatic heterocycles. The third-order valence-corrected chi connectivity index (χ3v) is 4.95. The molecule has 2 aliphatic rings. The monoisotopic (exact) mass is 334 g/mol. The van der Waals surface area contributed by atoms with Gasteiger partial charge in [0, 0.05) is 23.7 Å². The number of amides is 1. The van der Waals surface area contributed by atoms with Crippen LogP contribution in [0.15, 0.2) is 41.8 Å². The topological polar surface area (TPSA) is 59.3 Å². The summed E-state index contributed by atoms with van der Waals surface area (Å²) in [4.78, 5) is 15.9. The summed E-state index contributed by atoms with van der Waals surface area (Å²) in [7, 11) is 0. The average molecular weight is 334 g/mol. The summed E-state index contributed by atoms with van der Waals surface area (Å²) >= 11 is 0. The van der Waals surface area contributed by atoms with Crippen LogP contribution in [-0.2, 0) is 17.6 Å². The van der Waals surface area contributed by atoms with Crippen molar-refractivity contribution in [2.45, 2.75) is 39.0 Å². The fraction of sp³-hybridized carbons (Fsp3) is 0.350. The van der Waals surface area contributed by atoms with Crippen molar-refractivity contribution in [1.29, 1.82) is 0 Å². The summed E-state index contributed by atoms with van der Waals surface area (Å²) in [6.45, 7) is 2.02. The highest BCUT2D eigenvalue weighted by Crippen LogP contribution is 2.23. The fourth-order valence-corrected chi connectivity index (χ4v) is 3.49. The minimum atomic E-state index is -0.0160. The van der Waals surface area contributed by atoms with Crippen LogP contribution >= 0.6 is 0 Å². The number of hydrogen-bond acceptors (Lipinski definition) is 3. The maximum Gasteiger partial charge on any atom is 0.240 e. The average Bonchev–Trinajstić information content (AvgIpc) is 3.06. The Kier molecular flexibility index (Phi) is 4.22. The van der Waals surface area contributed by atoms with Crippen molar-refractivity contribution in [2.75, 3.05) is 0 Å². The van der Waals surface area contributed by atoms with Gasteiger partial charge in [0.05, 0.1) is 17.7 Å². The summed E-state index contributed by atoms with van der Waals surface area (Å²) in [5.74, 6) is 0.138. The molecule has 25 heavy (non-hydrogen) atoms. The SMILES string of the molecule is CC1CC(=O)NN=C1/C=C/c1ccc(-n2cnc3c2CCCC3)cc1. The predicted octanol–water partition coefficient (Wildman–Crippen LogP) is 3.28. The summed E-state index contributed by atoms with van der Waals surface area (Å²) in [5.41, 5.74) is 8.33. The number of rotatable bonds is 3. The molecule has 0 spiro atoms. The normalized spacial score (nSPS) is 20.3. The van der Waals surface area contributed by atoms with Gasteiger partial charge in [-0.05, 0) is 49.5 Å². The molecule has 0 saturated carbocycles. The quantitative estimate of drug-likeness (QED) is 0.936. The number of nitrogens with one attached hydrogen (secondary N) is 1. The van der Waals surface area contributed by atoms with Crippen molar-refractivity contribution < 1.29 is 4.79 Å². The van der Waals surface area contributed by atoms with Gasteiger partial charge in [-0.25, -0.2) is 10.4 Å². The molecule has 1 aliphatic carbocycles. The molecule has 0 saturated heterocycles. The molecule has 1 amide bonds. The third kappa shape index (κ3) is 3.27. The number of carbonyl (C=O) groups excluding carboxylic acids is 1. The van der Waals surface area contributed by atoms with E-state index in [0.29, 0.717) is 6.42 Å². The van der Waals surface area contributed by atoms with Gasteiger partial charge < -0.3 is 4.57 Å². The Bertz CT molecular complexity index is 845. The molecule has 0 radical (unpaired) electrons. The Morgan fingerprint density at radius 1 is 1.16 bits per heavy atom. The van der Waals surface area contributed by atoms with Crippen LogP contribution in [0.2, 0.25) is 0 Å². The number of hydrogen-bond donors (Lipinski definition) is 1. The van der Waals surface area contributed by atoms with Gasteiger partial charge in [-0.2, -0.15) is 5.10 Å². The molecule has 2 aromatic rings. The zero-order chi connectivity index (χ0) is 17.2. The van der Waals surface area contributed by atoms with Crippen molar-refractivity contribution in [3.8, 4) is 5.69 Å². The molecular weight excluding hydrogens is 312 g/mol. The summed E-state index contributed by atoms with van der Waals surface area (Å²) in [6.07, 6.45) is 11.2. The van der Waals surface area contributed by atoms with Gasteiger partial charge in [0.1, 0.15) is 0 Å². The van der Waals surface area contributed by atoms with E-state index in [2.05, 4.69) is 44.3 Å². The smallest absolute Gasteiger partial charge is 0.240 e. The first kappa shape index (κ1) is 15.8. The van der Waals surface area contributed by atoms with E-state index >= 15 is 0 Å². The maximum atomic E-state index is 11.3. The van der Waals surface area contributed by atoms with Crippen LogP contribution in [0.25, 0.3) is 11.8 Å². The second kappa shape index (κ2) is 6.67. The van der Waals surface area contributed by atoms with E-state index in [9.17, 15) is 4.79 Å². The first-order valence-electron chi connectivity index (χ1n) is 8.91. The van der Waals surface area contributed by atoms with Crippen LogP contribution in [0.4, 0.5) is 0 Å². The van der Waals surface area contributed by atoms with Crippen LogP contribution < -0.4 is 5.43 Å². The van der Waals surface area contributed by atoms with E-state index in [4.69, 9.17) is 0 Å². The number of carbonyl (C=O) groups is 1. The molecule has 4 rings (SSSR count). The zero-order valence-corrected chi connectivity index (χ0v) is 14.4. The lowest BCUT2D eigenvalue weighted by molar-refractivity contribution is -0.121. The Balaban J connectivity index is 1.52. The number of aryl methyl sites for hydroxylation is 1. The van der Waals surface area contributed by atoms with Crippen molar-refractivity contribution in [1.82, 2.24) is 15.0 Å². The van der Waals surface area contributed by atoms with Gasteiger partial charge >= 0.3 is 0 Å². The van der Waals surface area contributed by atoms with E-state index in [1.54, 1.807) is 0 Å². The molecule has 0 bridgehead atoms. The number of nitrogens with zero attached hydrogens (tertiary/aromatic N) is 3. The molecule has 0 fully saturated rings. The highest BCUT2D eigenvalue weighted by atomic mass is 16.2. The molecule has 1 aliphatic heterocycles. The van der Waals surface area contributed by atoms with Crippen LogP contribution in [0.1, 0.15) is 43.1 Å². The second-order valence-corrected chi connectivity index (χ2v) is 6.82. The van der Waals surface area contributed by atoms with Gasteiger partial charge in [-0.15, -0.1) is 0 Å². The van der Waals surface area contributed by atoms with Crippen LogP contribution in [0.5, 0.6) is 0 Å². The van der Waals surface area contributed by atoms with Crippen LogP contribution in [0, 0.1) is 5.92 Å². The summed E-state index contributed by atoms with van der Waals surface area (Å²) in [5, 5.41) is 4.13. The lowest BCUT2D eigenvalue weighted by Gasteiger charge is -2.16. The molecule has 128 valence electrons. The highest BCUT2D eigenvalue weighted by Gasteiger charge is 2.18. The molecule has 5 heteroatoms. The largest absolute Gasteiger partial charge is 0.303 e. The third-order valence-electron chi connectivity index (χ3n) is 4.95. The molecule has 1 atom stereocenters. The van der Waals surface area contributed by atoms with Gasteiger partial charge in [-0.3, -0.25) is 4.79 Å². The van der Waals surface area contributed by atoms with Gasteiger partial charge in [0.2, 0.25) is 5.91 Å². The number of aromatic nitrogens is 2. The van der Waals surface area contributed by atoms with Crippen LogP contribution in [-0.4, -0.2) is 21.2 Å². The molecule has 1 unspecified atom stereocenters. The first-order valence-corrected chi connectivity index (χ1v) is 8.91. The standard InChI is InChI=1S/C20H22N4O/c1-14-12-20(25)23-22-17(14)11-8-15-6-9-16(10-7-15)24-13-21-18-4-2-3-5-19(18)24/h6-11,13-14H,2-5,12H2,1H3,(H,23,25)/b11-8+. The van der Waals surface area contributed by atoms with E-state index in [0.717, 1.165) is 29.8 Å². The molecule has 2 heterocycles. The van der Waals surface area contributed by atoms with Gasteiger partial charge in [0.15, 0.2) is 0 Å². The number of fused-ring (bicyclic) bond motifs is 1. The minimum absolute atomic E-state index is 0.0160. The van der Waals surface area contributed by atoms with E-state index in [1.807, 2.05) is 25.4 Å². The van der Waals surface area contributed by atoms with Crippen molar-refractivity contribution >= 4 is 17.7 Å². The Labute approximate surface area is 147 Å². The Morgan fingerprint density at radius 2 is 1.96 bits per heavy atom. The summed E-state index contributed by atoms with van der Waals surface area (Å²) < 4.78 is 2.21. The minimum Gasteiger partial charge on any atom is -0.303 e. The van der Waals surface area contributed by atoms with Crippen molar-refractivity contribution in [3.63, 3.8) is 0 Å². The lowest BCUT2D eigenvalue weighted by Crippen LogP contribution is -2.30. The van der Waals surface area contributed by atoms with Crippen molar-refractivity contribution in [2.24, 2.45) is 11.0 Å². The molecule has 1 aromatic carbocycles. The van der Waals surface area contributed by atoms with Crippen molar-refractivity contribution in [3.05, 3.63) is 53.6 Å². The number of allylic oxidation sites excluding steroid dienone is 1. The maximum absolute atomic E-state index is 11.3. The first-order chi connectivity index (χ1) is 12.2. The molecule has 1 N–H and O–H groups in total. The van der Waals surface area contributed by atoms with E-state index in [1.165, 1.54) is 24.2 Å². The van der Waals surface area contributed by atoms with E-state index in [-0.39, 0.29) is 11.8 Å². The highest BCUT2D eigenvalue weighted by molar-refractivity contribution is 6.03. The molecular formula is C20H22N4O. The Hall–Kier alpha value is -2.69. The van der Waals surface area contributed by atoms with Gasteiger partial charge in [-0.1, -0.05) is 25.1 Å². The lowest BCUT2D eigenvalue weighted by atomic mass is 9.99. The number of benzene rings is 1. The van der Waals surface area contributed by atoms with E-state index < -0.39 is 0 Å².